The van der Waals surface area contributed by atoms with E-state index in [9.17, 15) is 0 Å². The van der Waals surface area contributed by atoms with Crippen molar-refractivity contribution >= 4 is 17.3 Å². The highest BCUT2D eigenvalue weighted by molar-refractivity contribution is 7.80. The Bertz CT molecular complexity index is 940. The predicted octanol–water partition coefficient (Wildman–Crippen LogP) is 4.73. The van der Waals surface area contributed by atoms with E-state index < -0.39 is 0 Å². The van der Waals surface area contributed by atoms with Gasteiger partial charge in [0.1, 0.15) is 23.3 Å². The Morgan fingerprint density at radius 1 is 1.11 bits per heavy atom. The zero-order chi connectivity index (χ0) is 19.5. The first-order valence-electron chi connectivity index (χ1n) is 9.52. The standard InChI is InChI=1S/C22H23N3O2S/c1-3-25-21(20(24-22(25)28)17-7-5-6-14-23-17)19-13-12-18(27-19)15-8-10-16(11-9-15)26-4-2/h5-14,20-21H,3-4H2,1-2H3,(H,24,28)/t20-,21-/m0/s1. The Kier molecular flexibility index (Phi) is 5.30. The summed E-state index contributed by atoms with van der Waals surface area (Å²) in [4.78, 5) is 6.68. The molecule has 144 valence electrons. The Morgan fingerprint density at radius 2 is 1.93 bits per heavy atom. The van der Waals surface area contributed by atoms with Gasteiger partial charge in [-0.2, -0.15) is 0 Å². The fraction of sp³-hybridized carbons (Fsp3) is 0.273. The average molecular weight is 394 g/mol. The lowest BCUT2D eigenvalue weighted by molar-refractivity contribution is 0.284. The number of rotatable bonds is 6. The van der Waals surface area contributed by atoms with Gasteiger partial charge < -0.3 is 19.4 Å². The quantitative estimate of drug-likeness (QED) is 0.611. The highest BCUT2D eigenvalue weighted by atomic mass is 32.1. The summed E-state index contributed by atoms with van der Waals surface area (Å²) in [7, 11) is 0. The molecule has 1 aliphatic heterocycles. The first-order valence-corrected chi connectivity index (χ1v) is 9.93. The Hall–Kier alpha value is -2.86. The molecule has 0 aliphatic carbocycles. The van der Waals surface area contributed by atoms with Crippen LogP contribution in [0.5, 0.6) is 5.75 Å². The second kappa shape index (κ2) is 8.02. The van der Waals surface area contributed by atoms with Gasteiger partial charge in [0.15, 0.2) is 5.11 Å². The van der Waals surface area contributed by atoms with Crippen molar-refractivity contribution in [1.82, 2.24) is 15.2 Å². The topological polar surface area (TPSA) is 50.5 Å². The summed E-state index contributed by atoms with van der Waals surface area (Å²) in [5, 5.41) is 4.13. The smallest absolute Gasteiger partial charge is 0.170 e. The van der Waals surface area contributed by atoms with Gasteiger partial charge in [0.25, 0.3) is 0 Å². The van der Waals surface area contributed by atoms with Gasteiger partial charge in [-0.3, -0.25) is 4.98 Å². The fourth-order valence-corrected chi connectivity index (χ4v) is 3.97. The molecule has 0 radical (unpaired) electrons. The van der Waals surface area contributed by atoms with Crippen LogP contribution in [0.15, 0.2) is 65.2 Å². The molecule has 0 amide bonds. The normalized spacial score (nSPS) is 18.9. The highest BCUT2D eigenvalue weighted by Crippen LogP contribution is 2.40. The van der Waals surface area contributed by atoms with E-state index in [1.165, 1.54) is 0 Å². The molecule has 1 aliphatic rings. The number of furan rings is 1. The van der Waals surface area contributed by atoms with E-state index in [-0.39, 0.29) is 12.1 Å². The first kappa shape index (κ1) is 18.5. The third-order valence-corrected chi connectivity index (χ3v) is 5.26. The van der Waals surface area contributed by atoms with Crippen LogP contribution in [-0.2, 0) is 0 Å². The Labute approximate surface area is 170 Å². The van der Waals surface area contributed by atoms with Crippen LogP contribution in [-0.4, -0.2) is 28.1 Å². The minimum Gasteiger partial charge on any atom is -0.494 e. The average Bonchev–Trinajstić information content (AvgIpc) is 3.33. The van der Waals surface area contributed by atoms with Crippen molar-refractivity contribution in [2.75, 3.05) is 13.2 Å². The molecule has 1 saturated heterocycles. The maximum Gasteiger partial charge on any atom is 0.170 e. The van der Waals surface area contributed by atoms with Crippen molar-refractivity contribution in [3.8, 4) is 17.1 Å². The third kappa shape index (κ3) is 3.47. The molecule has 3 aromatic rings. The summed E-state index contributed by atoms with van der Waals surface area (Å²) in [5.41, 5.74) is 1.96. The van der Waals surface area contributed by atoms with Gasteiger partial charge in [-0.05, 0) is 74.6 Å². The van der Waals surface area contributed by atoms with Crippen LogP contribution < -0.4 is 10.1 Å². The van der Waals surface area contributed by atoms with E-state index >= 15 is 0 Å². The Balaban J connectivity index is 1.65. The van der Waals surface area contributed by atoms with Crippen LogP contribution >= 0.6 is 12.2 Å². The second-order valence-electron chi connectivity index (χ2n) is 6.57. The van der Waals surface area contributed by atoms with Crippen molar-refractivity contribution in [2.45, 2.75) is 25.9 Å². The summed E-state index contributed by atoms with van der Waals surface area (Å²) in [6.07, 6.45) is 1.80. The first-order chi connectivity index (χ1) is 13.7. The molecule has 0 saturated carbocycles. The van der Waals surface area contributed by atoms with Gasteiger partial charge in [0.2, 0.25) is 0 Å². The second-order valence-corrected chi connectivity index (χ2v) is 6.96. The van der Waals surface area contributed by atoms with E-state index in [1.54, 1.807) is 6.20 Å². The molecule has 6 heteroatoms. The molecule has 2 aromatic heterocycles. The summed E-state index contributed by atoms with van der Waals surface area (Å²) in [6, 6.07) is 17.8. The number of thiocarbonyl (C=S) groups is 1. The highest BCUT2D eigenvalue weighted by Gasteiger charge is 2.40. The monoisotopic (exact) mass is 393 g/mol. The van der Waals surface area contributed by atoms with Crippen LogP contribution in [0.3, 0.4) is 0 Å². The van der Waals surface area contributed by atoms with Gasteiger partial charge in [0.05, 0.1) is 18.3 Å². The molecule has 1 N–H and O–H groups in total. The van der Waals surface area contributed by atoms with Gasteiger partial charge >= 0.3 is 0 Å². The number of likely N-dealkylation sites (N-methyl/N-ethyl adjacent to an activating group) is 1. The lowest BCUT2D eigenvalue weighted by Gasteiger charge is -2.24. The van der Waals surface area contributed by atoms with Crippen molar-refractivity contribution in [1.29, 1.82) is 0 Å². The van der Waals surface area contributed by atoms with Crippen molar-refractivity contribution < 1.29 is 9.15 Å². The van der Waals surface area contributed by atoms with E-state index in [0.717, 1.165) is 40.2 Å². The SMILES string of the molecule is CCOc1ccc(-c2ccc([C@H]3[C@H](c4ccccn4)NC(=S)N3CC)o2)cc1. The molecule has 1 aromatic carbocycles. The molecule has 5 nitrogen and oxygen atoms in total. The molecular weight excluding hydrogens is 370 g/mol. The van der Waals surface area contributed by atoms with E-state index in [1.807, 2.05) is 61.5 Å². The summed E-state index contributed by atoms with van der Waals surface area (Å²) >= 11 is 5.56. The van der Waals surface area contributed by atoms with Gasteiger partial charge in [-0.25, -0.2) is 0 Å². The molecular formula is C22H23N3O2S. The minimum absolute atomic E-state index is 0.0381. The number of hydrogen-bond acceptors (Lipinski definition) is 4. The summed E-state index contributed by atoms with van der Waals surface area (Å²) < 4.78 is 11.8. The number of aromatic nitrogens is 1. The molecule has 1 fully saturated rings. The number of hydrogen-bond donors (Lipinski definition) is 1. The van der Waals surface area contributed by atoms with E-state index in [0.29, 0.717) is 6.61 Å². The predicted molar refractivity (Wildman–Crippen MR) is 113 cm³/mol. The van der Waals surface area contributed by atoms with Gasteiger partial charge in [-0.15, -0.1) is 0 Å². The minimum atomic E-state index is -0.0482. The van der Waals surface area contributed by atoms with Gasteiger partial charge in [0, 0.05) is 18.3 Å². The zero-order valence-electron chi connectivity index (χ0n) is 16.0. The van der Waals surface area contributed by atoms with Crippen molar-refractivity contribution in [3.63, 3.8) is 0 Å². The largest absolute Gasteiger partial charge is 0.494 e. The Morgan fingerprint density at radius 3 is 2.61 bits per heavy atom. The van der Waals surface area contributed by atoms with Crippen LogP contribution in [0.1, 0.15) is 37.4 Å². The van der Waals surface area contributed by atoms with Crippen LogP contribution in [0, 0.1) is 0 Å². The van der Waals surface area contributed by atoms with E-state index in [4.69, 9.17) is 21.4 Å². The summed E-state index contributed by atoms with van der Waals surface area (Å²) in [6.45, 7) is 5.52. The lowest BCUT2D eigenvalue weighted by atomic mass is 10.0. The van der Waals surface area contributed by atoms with E-state index in [2.05, 4.69) is 22.1 Å². The maximum atomic E-state index is 6.28. The van der Waals surface area contributed by atoms with Crippen LogP contribution in [0.25, 0.3) is 11.3 Å². The number of pyridine rings is 1. The lowest BCUT2D eigenvalue weighted by Crippen LogP contribution is -2.29. The molecule has 4 rings (SSSR count). The van der Waals surface area contributed by atoms with Crippen LogP contribution in [0.4, 0.5) is 0 Å². The number of nitrogens with zero attached hydrogens (tertiary/aromatic N) is 2. The molecule has 0 bridgehead atoms. The molecule has 3 heterocycles. The van der Waals surface area contributed by atoms with Gasteiger partial charge in [-0.1, -0.05) is 6.07 Å². The molecule has 0 spiro atoms. The van der Waals surface area contributed by atoms with Crippen LogP contribution in [0.2, 0.25) is 0 Å². The molecule has 28 heavy (non-hydrogen) atoms. The molecule has 2 atom stereocenters. The zero-order valence-corrected chi connectivity index (χ0v) is 16.8. The number of nitrogens with one attached hydrogen (secondary N) is 1. The van der Waals surface area contributed by atoms with Crippen molar-refractivity contribution in [3.05, 3.63) is 72.2 Å². The summed E-state index contributed by atoms with van der Waals surface area (Å²) in [5.74, 6) is 2.55. The third-order valence-electron chi connectivity index (χ3n) is 4.91. The number of ether oxygens (including phenoxy) is 1. The maximum absolute atomic E-state index is 6.28. The van der Waals surface area contributed by atoms with Crippen molar-refractivity contribution in [2.24, 2.45) is 0 Å². The fourth-order valence-electron chi connectivity index (χ4n) is 3.60. The molecule has 0 unspecified atom stereocenters. The number of benzene rings is 1.